The molecule has 2 aromatic rings. The van der Waals surface area contributed by atoms with Gasteiger partial charge in [-0.3, -0.25) is 0 Å². The van der Waals surface area contributed by atoms with Gasteiger partial charge < -0.3 is 15.1 Å². The first-order chi connectivity index (χ1) is 18.9. The van der Waals surface area contributed by atoms with Crippen molar-refractivity contribution in [3.05, 3.63) is 59.2 Å². The summed E-state index contributed by atoms with van der Waals surface area (Å²) in [5.74, 6) is -0.481. The number of benzene rings is 2. The molecule has 3 rings (SSSR count). The number of hydrogen-bond donors (Lipinski definition) is 2. The van der Waals surface area contributed by atoms with Gasteiger partial charge in [-0.15, -0.1) is 0 Å². The summed E-state index contributed by atoms with van der Waals surface area (Å²) in [6.45, 7) is 1.61. The molecule has 1 aliphatic rings. The van der Waals surface area contributed by atoms with Crippen LogP contribution in [-0.4, -0.2) is 61.3 Å². The van der Waals surface area contributed by atoms with Gasteiger partial charge >= 0.3 is 6.18 Å². The van der Waals surface area contributed by atoms with E-state index >= 15 is 0 Å². The lowest BCUT2D eigenvalue weighted by molar-refractivity contribution is -0.129. The van der Waals surface area contributed by atoms with Gasteiger partial charge in [-0.25, -0.2) is 8.42 Å². The Morgan fingerprint density at radius 3 is 2.27 bits per heavy atom. The van der Waals surface area contributed by atoms with E-state index in [0.29, 0.717) is 12.8 Å². The summed E-state index contributed by atoms with van der Waals surface area (Å²) in [4.78, 5) is 2.15. The zero-order chi connectivity index (χ0) is 29.2. The lowest BCUT2D eigenvalue weighted by atomic mass is 9.89. The second-order valence-corrected chi connectivity index (χ2v) is 13.2. The van der Waals surface area contributed by atoms with Gasteiger partial charge in [0.15, 0.2) is 9.84 Å². The summed E-state index contributed by atoms with van der Waals surface area (Å²) in [6.07, 6.45) is 3.19. The number of fused-ring (bicyclic) bond motifs is 1. The van der Waals surface area contributed by atoms with Crippen molar-refractivity contribution < 1.29 is 31.8 Å². The lowest BCUT2D eigenvalue weighted by Gasteiger charge is -2.18. The first kappa shape index (κ1) is 32.0. The molecule has 0 saturated heterocycles. The summed E-state index contributed by atoms with van der Waals surface area (Å²) < 4.78 is 60.4. The second-order valence-electron chi connectivity index (χ2n) is 10.9. The van der Waals surface area contributed by atoms with Gasteiger partial charge in [-0.1, -0.05) is 31.0 Å². The highest BCUT2D eigenvalue weighted by Crippen LogP contribution is 2.40. The van der Waals surface area contributed by atoms with Crippen LogP contribution >= 0.6 is 0 Å². The Labute approximate surface area is 236 Å². The Balaban J connectivity index is 1.45. The number of halogens is 3. The molecule has 0 atom stereocenters. The Kier molecular flexibility index (Phi) is 11.9. The highest BCUT2D eigenvalue weighted by molar-refractivity contribution is 7.91. The van der Waals surface area contributed by atoms with Crippen LogP contribution in [0.15, 0.2) is 42.5 Å². The van der Waals surface area contributed by atoms with Crippen LogP contribution < -0.4 is 0 Å². The molecule has 222 valence electrons. The normalized spacial score (nSPS) is 14.4. The van der Waals surface area contributed by atoms with Gasteiger partial charge in [0.25, 0.3) is 0 Å². The van der Waals surface area contributed by atoms with Crippen molar-refractivity contribution in [2.24, 2.45) is 0 Å². The van der Waals surface area contributed by atoms with Crippen molar-refractivity contribution in [2.45, 2.75) is 76.8 Å². The maximum atomic E-state index is 12.3. The molecular weight excluding hydrogens is 539 g/mol. The topological polar surface area (TPSA) is 77.8 Å². The van der Waals surface area contributed by atoms with Crippen LogP contribution in [0.25, 0.3) is 11.1 Å². The quantitative estimate of drug-likeness (QED) is 0.215. The van der Waals surface area contributed by atoms with Crippen LogP contribution in [-0.2, 0) is 16.3 Å². The van der Waals surface area contributed by atoms with E-state index in [-0.39, 0.29) is 17.3 Å². The van der Waals surface area contributed by atoms with E-state index < -0.39 is 28.2 Å². The molecule has 9 heteroatoms. The van der Waals surface area contributed by atoms with Gasteiger partial charge in [-0.2, -0.15) is 13.2 Å². The van der Waals surface area contributed by atoms with E-state index in [4.69, 9.17) is 0 Å². The summed E-state index contributed by atoms with van der Waals surface area (Å²) >= 11 is 0. The fourth-order valence-electron chi connectivity index (χ4n) is 5.37. The third-order valence-electron chi connectivity index (χ3n) is 7.50. The summed E-state index contributed by atoms with van der Waals surface area (Å²) in [7, 11) is -1.67. The largest absolute Gasteiger partial charge is 0.508 e. The molecular formula is C31H42F3NO4S. The highest BCUT2D eigenvalue weighted by atomic mass is 32.2. The number of unbranched alkanes of at least 4 members (excludes halogenated alkanes) is 4. The molecule has 0 aromatic heterocycles. The highest BCUT2D eigenvalue weighted by Gasteiger charge is 2.29. The van der Waals surface area contributed by atoms with Crippen molar-refractivity contribution in [3.63, 3.8) is 0 Å². The molecule has 0 heterocycles. The average Bonchev–Trinajstić information content (AvgIpc) is 3.06. The van der Waals surface area contributed by atoms with E-state index in [9.17, 15) is 31.8 Å². The van der Waals surface area contributed by atoms with Crippen molar-refractivity contribution in [1.82, 2.24) is 4.90 Å². The molecule has 0 unspecified atom stereocenters. The average molecular weight is 582 g/mol. The molecule has 0 radical (unpaired) electrons. The molecule has 2 N–H and O–H groups in total. The van der Waals surface area contributed by atoms with Gasteiger partial charge in [0, 0.05) is 0 Å². The Bertz CT molecular complexity index is 1240. The molecule has 1 aliphatic carbocycles. The summed E-state index contributed by atoms with van der Waals surface area (Å²) in [6, 6.07) is 13.1. The SMILES string of the molecule is CN(CCCCCCC1=C(c2cccc(O)c2)CCCc2cc(O)ccc21)CCCCS(=O)(=O)CCC(F)(F)F. The molecule has 0 bridgehead atoms. The predicted molar refractivity (Wildman–Crippen MR) is 155 cm³/mol. The number of sulfone groups is 1. The van der Waals surface area contributed by atoms with E-state index in [2.05, 4.69) is 4.90 Å². The fraction of sp³-hybridized carbons (Fsp3) is 0.548. The molecule has 0 aliphatic heterocycles. The summed E-state index contributed by atoms with van der Waals surface area (Å²) in [5, 5.41) is 20.1. The number of aryl methyl sites for hydroxylation is 1. The van der Waals surface area contributed by atoms with Gasteiger partial charge in [-0.05, 0) is 124 Å². The lowest BCUT2D eigenvalue weighted by Crippen LogP contribution is -2.22. The van der Waals surface area contributed by atoms with Gasteiger partial charge in [0.2, 0.25) is 0 Å². The number of alkyl halides is 3. The number of aromatic hydroxyl groups is 2. The maximum Gasteiger partial charge on any atom is 0.390 e. The van der Waals surface area contributed by atoms with Crippen molar-refractivity contribution >= 4 is 21.0 Å². The first-order valence-electron chi connectivity index (χ1n) is 14.2. The Morgan fingerprint density at radius 2 is 1.55 bits per heavy atom. The van der Waals surface area contributed by atoms with Crippen LogP contribution in [0.2, 0.25) is 0 Å². The van der Waals surface area contributed by atoms with E-state index in [1.165, 1.54) is 22.3 Å². The molecule has 5 nitrogen and oxygen atoms in total. The van der Waals surface area contributed by atoms with Crippen LogP contribution in [0, 0.1) is 0 Å². The zero-order valence-corrected chi connectivity index (χ0v) is 24.2. The zero-order valence-electron chi connectivity index (χ0n) is 23.3. The molecule has 0 amide bonds. The van der Waals surface area contributed by atoms with Crippen molar-refractivity contribution in [2.75, 3.05) is 31.6 Å². The third-order valence-corrected chi connectivity index (χ3v) is 9.24. The van der Waals surface area contributed by atoms with Crippen LogP contribution in [0.1, 0.15) is 80.9 Å². The number of phenols is 2. The summed E-state index contributed by atoms with van der Waals surface area (Å²) in [5.41, 5.74) is 5.96. The fourth-order valence-corrected chi connectivity index (χ4v) is 6.76. The number of allylic oxidation sites excluding steroid dienone is 2. The smallest absolute Gasteiger partial charge is 0.390 e. The molecule has 40 heavy (non-hydrogen) atoms. The predicted octanol–water partition coefficient (Wildman–Crippen LogP) is 7.37. The first-order valence-corrected chi connectivity index (χ1v) is 16.0. The third kappa shape index (κ3) is 10.8. The van der Waals surface area contributed by atoms with Crippen molar-refractivity contribution in [3.8, 4) is 11.5 Å². The van der Waals surface area contributed by atoms with Crippen LogP contribution in [0.3, 0.4) is 0 Å². The monoisotopic (exact) mass is 581 g/mol. The second kappa shape index (κ2) is 14.9. The maximum absolute atomic E-state index is 12.3. The minimum absolute atomic E-state index is 0.194. The van der Waals surface area contributed by atoms with Crippen LogP contribution in [0.4, 0.5) is 13.2 Å². The molecule has 2 aromatic carbocycles. The minimum Gasteiger partial charge on any atom is -0.508 e. The Hall–Kier alpha value is -2.52. The number of phenolic OH excluding ortho intramolecular Hbond substituents is 2. The number of rotatable bonds is 15. The van der Waals surface area contributed by atoms with Crippen LogP contribution in [0.5, 0.6) is 11.5 Å². The van der Waals surface area contributed by atoms with E-state index in [1.807, 2.05) is 37.4 Å². The van der Waals surface area contributed by atoms with E-state index in [1.54, 1.807) is 12.1 Å². The van der Waals surface area contributed by atoms with Crippen molar-refractivity contribution in [1.29, 1.82) is 0 Å². The Morgan fingerprint density at radius 1 is 0.850 bits per heavy atom. The molecule has 0 saturated carbocycles. The molecule has 0 spiro atoms. The van der Waals surface area contributed by atoms with Gasteiger partial charge in [0.1, 0.15) is 11.5 Å². The standard InChI is InChI=1S/C31H42F3NO4S/c1-35(19-6-7-20-40(38,39)21-17-31(32,33)34)18-5-3-2-4-13-30-28(24-10-8-12-26(36)22-24)14-9-11-25-23-27(37)15-16-29(25)30/h8,10,12,15-16,22-23,36-37H,2-7,9,11,13-14,17-21H2,1H3. The molecule has 0 fully saturated rings. The number of nitrogens with zero attached hydrogens (tertiary/aromatic N) is 1. The van der Waals surface area contributed by atoms with Gasteiger partial charge in [0.05, 0.1) is 17.9 Å². The minimum atomic E-state index is -4.44. The number of hydrogen-bond acceptors (Lipinski definition) is 5. The van der Waals surface area contributed by atoms with E-state index in [0.717, 1.165) is 70.0 Å².